The highest BCUT2D eigenvalue weighted by Gasteiger charge is 2.44. The number of ether oxygens (including phenoxy) is 1. The van der Waals surface area contributed by atoms with Crippen LogP contribution in [0.25, 0.3) is 0 Å². The molecule has 0 aromatic heterocycles. The quantitative estimate of drug-likeness (QED) is 0.402. The largest absolute Gasteiger partial charge is 0.381 e. The lowest BCUT2D eigenvalue weighted by Gasteiger charge is -2.37. The van der Waals surface area contributed by atoms with Crippen molar-refractivity contribution in [3.63, 3.8) is 0 Å². The minimum absolute atomic E-state index is 0.0624. The summed E-state index contributed by atoms with van der Waals surface area (Å²) in [5, 5.41) is 2.59. The Morgan fingerprint density at radius 1 is 1.41 bits per heavy atom. The van der Waals surface area contributed by atoms with Crippen molar-refractivity contribution in [1.29, 1.82) is 0 Å². The van der Waals surface area contributed by atoms with E-state index in [0.29, 0.717) is 32.5 Å². The SMILES string of the molecule is CN1CNC(C2CC(Cl)C(F)C(C(=O)NNS(=O)(=O)C[C@@H]3CCOC3)C2)C1. The molecule has 3 rings (SSSR count). The third-order valence-electron chi connectivity index (χ3n) is 5.66. The summed E-state index contributed by atoms with van der Waals surface area (Å²) in [6, 6.07) is 0.151. The molecule has 5 unspecified atom stereocenters. The Morgan fingerprint density at radius 2 is 2.19 bits per heavy atom. The summed E-state index contributed by atoms with van der Waals surface area (Å²) in [5.74, 6) is -1.81. The van der Waals surface area contributed by atoms with E-state index in [9.17, 15) is 17.6 Å². The van der Waals surface area contributed by atoms with Crippen LogP contribution in [0.15, 0.2) is 0 Å². The van der Waals surface area contributed by atoms with E-state index in [4.69, 9.17) is 16.3 Å². The molecule has 1 amide bonds. The molecule has 3 aliphatic rings. The molecule has 3 fully saturated rings. The normalized spacial score (nSPS) is 38.2. The first-order valence-electron chi connectivity index (χ1n) is 9.32. The zero-order valence-corrected chi connectivity index (χ0v) is 16.9. The fourth-order valence-corrected chi connectivity index (χ4v) is 5.77. The summed E-state index contributed by atoms with van der Waals surface area (Å²) in [5.41, 5.74) is 2.19. The van der Waals surface area contributed by atoms with Gasteiger partial charge in [0.2, 0.25) is 15.9 Å². The summed E-state index contributed by atoms with van der Waals surface area (Å²) >= 11 is 6.17. The van der Waals surface area contributed by atoms with Gasteiger partial charge in [-0.3, -0.25) is 20.4 Å². The molecule has 0 aromatic carbocycles. The van der Waals surface area contributed by atoms with Crippen molar-refractivity contribution in [2.75, 3.05) is 39.2 Å². The number of hydrazine groups is 1. The van der Waals surface area contributed by atoms with Crippen LogP contribution in [0.2, 0.25) is 0 Å². The average molecular weight is 427 g/mol. The van der Waals surface area contributed by atoms with Crippen LogP contribution in [0.5, 0.6) is 0 Å². The Bertz CT molecular complexity index is 634. The number of halogens is 2. The molecule has 3 N–H and O–H groups in total. The van der Waals surface area contributed by atoms with Gasteiger partial charge in [0.1, 0.15) is 6.17 Å². The van der Waals surface area contributed by atoms with E-state index in [1.807, 2.05) is 7.05 Å². The van der Waals surface area contributed by atoms with Gasteiger partial charge in [0, 0.05) is 25.9 Å². The molecular weight excluding hydrogens is 399 g/mol. The van der Waals surface area contributed by atoms with Gasteiger partial charge in [0.05, 0.1) is 23.7 Å². The highest BCUT2D eigenvalue weighted by molar-refractivity contribution is 7.89. The highest BCUT2D eigenvalue weighted by Crippen LogP contribution is 2.37. The Morgan fingerprint density at radius 3 is 2.81 bits per heavy atom. The zero-order chi connectivity index (χ0) is 19.6. The van der Waals surface area contributed by atoms with Crippen molar-refractivity contribution in [2.45, 2.75) is 36.9 Å². The molecule has 8 nitrogen and oxygen atoms in total. The molecule has 11 heteroatoms. The second-order valence-corrected chi connectivity index (χ2v) is 10.2. The van der Waals surface area contributed by atoms with Crippen LogP contribution in [0.4, 0.5) is 4.39 Å². The van der Waals surface area contributed by atoms with Crippen molar-refractivity contribution in [2.24, 2.45) is 17.8 Å². The molecule has 0 radical (unpaired) electrons. The minimum atomic E-state index is -3.70. The van der Waals surface area contributed by atoms with Crippen LogP contribution in [-0.4, -0.2) is 76.0 Å². The molecule has 1 aliphatic carbocycles. The lowest BCUT2D eigenvalue weighted by atomic mass is 9.76. The summed E-state index contributed by atoms with van der Waals surface area (Å²) in [6.45, 7) is 2.49. The van der Waals surface area contributed by atoms with E-state index in [0.717, 1.165) is 13.2 Å². The maximum absolute atomic E-state index is 14.6. The second kappa shape index (κ2) is 8.87. The first-order valence-corrected chi connectivity index (χ1v) is 11.4. The van der Waals surface area contributed by atoms with Crippen molar-refractivity contribution in [1.82, 2.24) is 20.5 Å². The number of nitrogens with zero attached hydrogens (tertiary/aromatic N) is 1. The molecule has 6 atom stereocenters. The predicted octanol–water partition coefficient (Wildman–Crippen LogP) is -0.194. The standard InChI is InChI=1S/C16H28ClFN4O4S/c1-22-6-14(19-9-22)11-4-12(15(18)13(17)5-11)16(23)20-21-27(24,25)8-10-2-3-26-7-10/h10-15,19,21H,2-9H2,1H3,(H,20,23)/t10-,11?,12?,13?,14?,15?/m1/s1. The summed E-state index contributed by atoms with van der Waals surface area (Å²) in [4.78, 5) is 16.7. The fourth-order valence-electron chi connectivity index (χ4n) is 4.15. The number of hydrogen-bond donors (Lipinski definition) is 3. The number of rotatable bonds is 6. The number of carbonyl (C=O) groups excluding carboxylic acids is 1. The van der Waals surface area contributed by atoms with Gasteiger partial charge in [0.15, 0.2) is 0 Å². The topological polar surface area (TPSA) is 99.8 Å². The fraction of sp³-hybridized carbons (Fsp3) is 0.938. The molecule has 2 heterocycles. The minimum Gasteiger partial charge on any atom is -0.381 e. The molecule has 0 bridgehead atoms. The maximum atomic E-state index is 14.6. The number of nitrogens with one attached hydrogen (secondary N) is 3. The Hall–Kier alpha value is -0.520. The lowest BCUT2D eigenvalue weighted by Crippen LogP contribution is -2.52. The first-order chi connectivity index (χ1) is 12.7. The molecule has 156 valence electrons. The van der Waals surface area contributed by atoms with Gasteiger partial charge < -0.3 is 4.74 Å². The van der Waals surface area contributed by atoms with Gasteiger partial charge in [-0.15, -0.1) is 16.4 Å². The summed E-state index contributed by atoms with van der Waals surface area (Å²) in [7, 11) is -1.72. The van der Waals surface area contributed by atoms with E-state index in [-0.39, 0.29) is 23.6 Å². The highest BCUT2D eigenvalue weighted by atomic mass is 35.5. The monoisotopic (exact) mass is 426 g/mol. The van der Waals surface area contributed by atoms with Crippen LogP contribution in [0.3, 0.4) is 0 Å². The molecular formula is C16H28ClFN4O4S. The van der Waals surface area contributed by atoms with Crippen molar-refractivity contribution < 1.29 is 22.3 Å². The second-order valence-electron chi connectivity index (χ2n) is 7.91. The number of carbonyl (C=O) groups is 1. The Balaban J connectivity index is 1.55. The maximum Gasteiger partial charge on any atom is 0.241 e. The van der Waals surface area contributed by atoms with Crippen LogP contribution < -0.4 is 15.6 Å². The van der Waals surface area contributed by atoms with Crippen LogP contribution in [0.1, 0.15) is 19.3 Å². The number of sulfonamides is 1. The summed E-state index contributed by atoms with van der Waals surface area (Å²) in [6.07, 6.45) is -0.0110. The smallest absolute Gasteiger partial charge is 0.241 e. The molecule has 0 aromatic rings. The van der Waals surface area contributed by atoms with Crippen molar-refractivity contribution >= 4 is 27.5 Å². The van der Waals surface area contributed by atoms with Gasteiger partial charge in [-0.1, -0.05) is 0 Å². The van der Waals surface area contributed by atoms with Crippen molar-refractivity contribution in [3.05, 3.63) is 0 Å². The van der Waals surface area contributed by atoms with Crippen molar-refractivity contribution in [3.8, 4) is 0 Å². The number of likely N-dealkylation sites (N-methyl/N-ethyl adjacent to an activating group) is 1. The van der Waals surface area contributed by atoms with Gasteiger partial charge in [-0.05, 0) is 38.1 Å². The van der Waals surface area contributed by atoms with Gasteiger partial charge in [0.25, 0.3) is 0 Å². The van der Waals surface area contributed by atoms with E-state index in [1.165, 1.54) is 0 Å². The summed E-state index contributed by atoms with van der Waals surface area (Å²) < 4.78 is 43.9. The average Bonchev–Trinajstić information content (AvgIpc) is 3.26. The zero-order valence-electron chi connectivity index (χ0n) is 15.4. The van der Waals surface area contributed by atoms with E-state index in [2.05, 4.69) is 20.5 Å². The molecule has 0 spiro atoms. The van der Waals surface area contributed by atoms with Crippen LogP contribution in [-0.2, 0) is 19.6 Å². The molecule has 2 aliphatic heterocycles. The number of alkyl halides is 2. The molecule has 27 heavy (non-hydrogen) atoms. The Labute approximate surface area is 164 Å². The van der Waals surface area contributed by atoms with E-state index in [1.54, 1.807) is 0 Å². The van der Waals surface area contributed by atoms with Crippen LogP contribution in [0, 0.1) is 17.8 Å². The van der Waals surface area contributed by atoms with Gasteiger partial charge >= 0.3 is 0 Å². The van der Waals surface area contributed by atoms with E-state index < -0.39 is 33.4 Å². The first kappa shape index (κ1) is 21.2. The lowest BCUT2D eigenvalue weighted by molar-refractivity contribution is -0.129. The predicted molar refractivity (Wildman–Crippen MR) is 99.2 cm³/mol. The van der Waals surface area contributed by atoms with Gasteiger partial charge in [-0.2, -0.15) is 0 Å². The number of amides is 1. The molecule has 2 saturated heterocycles. The van der Waals surface area contributed by atoms with Crippen LogP contribution >= 0.6 is 11.6 Å². The molecule has 1 saturated carbocycles. The third kappa shape index (κ3) is 5.51. The third-order valence-corrected chi connectivity index (χ3v) is 7.40. The van der Waals surface area contributed by atoms with Gasteiger partial charge in [-0.25, -0.2) is 12.8 Å². The van der Waals surface area contributed by atoms with E-state index >= 15 is 0 Å². The number of hydrogen-bond acceptors (Lipinski definition) is 6. The Kier molecular flexibility index (Phi) is 6.97.